The number of benzene rings is 6. The van der Waals surface area contributed by atoms with Crippen molar-refractivity contribution in [3.8, 4) is 34.5 Å². The largest absolute Gasteiger partial charge is 0.457 e. The predicted octanol–water partition coefficient (Wildman–Crippen LogP) is 10.1. The van der Waals surface area contributed by atoms with E-state index in [0.29, 0.717) is 5.56 Å². The van der Waals surface area contributed by atoms with Gasteiger partial charge in [-0.25, -0.2) is 26.0 Å². The van der Waals surface area contributed by atoms with Crippen molar-refractivity contribution in [3.05, 3.63) is 165 Å². The van der Waals surface area contributed by atoms with Crippen LogP contribution in [-0.2, 0) is 25.7 Å². The second kappa shape index (κ2) is 16.8. The summed E-state index contributed by atoms with van der Waals surface area (Å²) in [6.07, 6.45) is 0. The molecule has 0 aliphatic heterocycles. The zero-order valence-electron chi connectivity index (χ0n) is 30.8. The zero-order chi connectivity index (χ0) is 44.7. The Bertz CT molecular complexity index is 2920. The number of rotatable bonds is 13. The van der Waals surface area contributed by atoms with Gasteiger partial charge in [0.25, 0.3) is 10.1 Å². The maximum absolute atomic E-state index is 15.2. The van der Waals surface area contributed by atoms with Gasteiger partial charge in [-0.1, -0.05) is 17.7 Å². The fraction of sp³-hybridized carbons (Fsp3) is 0.0732. The van der Waals surface area contributed by atoms with Crippen molar-refractivity contribution >= 4 is 31.5 Å². The zero-order valence-corrected chi connectivity index (χ0v) is 32.5. The molecular formula is C41H24F8O10S2. The van der Waals surface area contributed by atoms with Crippen molar-refractivity contribution < 1.29 is 80.3 Å². The van der Waals surface area contributed by atoms with Crippen LogP contribution in [0.25, 0.3) is 0 Å². The van der Waals surface area contributed by atoms with E-state index in [9.17, 15) is 39.8 Å². The Balaban J connectivity index is 1.22. The summed E-state index contributed by atoms with van der Waals surface area (Å²) >= 11 is 0. The number of Topliss-reactive ketones (excluding diaryl/α,β-unsaturated/α-hetero) is 1. The third-order valence-corrected chi connectivity index (χ3v) is 11.1. The summed E-state index contributed by atoms with van der Waals surface area (Å²) < 4.78 is 195. The SMILES string of the molecule is CC(=O)c1ccc(Oc2ccc(S(=O)(=O)c3ccc(Oc4c(F)c(F)c(C(=O)c5c(F)c(F)c(Oc6ccc(C)cc6)c(F)c5F)c(F)c4F)cc3)cc2)c(CS(=O)(=O)O)c1. The van der Waals surface area contributed by atoms with E-state index in [1.54, 1.807) is 6.92 Å². The molecule has 61 heavy (non-hydrogen) atoms. The first-order valence-corrected chi connectivity index (χ1v) is 20.1. The number of hydrogen-bond donors (Lipinski definition) is 1. The fourth-order valence-corrected chi connectivity index (χ4v) is 7.49. The molecule has 6 aromatic carbocycles. The molecule has 0 aliphatic carbocycles. The molecule has 20 heteroatoms. The number of halogens is 8. The summed E-state index contributed by atoms with van der Waals surface area (Å²) in [6, 6.07) is 16.9. The van der Waals surface area contributed by atoms with E-state index < -0.39 is 117 Å². The summed E-state index contributed by atoms with van der Waals surface area (Å²) in [7, 11) is -8.92. The van der Waals surface area contributed by atoms with Crippen LogP contribution in [0.1, 0.15) is 44.3 Å². The van der Waals surface area contributed by atoms with E-state index in [-0.39, 0.29) is 33.3 Å². The molecule has 0 aliphatic rings. The predicted molar refractivity (Wildman–Crippen MR) is 197 cm³/mol. The molecule has 0 saturated carbocycles. The highest BCUT2D eigenvalue weighted by atomic mass is 32.2. The minimum Gasteiger partial charge on any atom is -0.457 e. The highest BCUT2D eigenvalue weighted by Gasteiger charge is 2.37. The molecule has 0 aromatic heterocycles. The Morgan fingerprint density at radius 2 is 0.918 bits per heavy atom. The van der Waals surface area contributed by atoms with E-state index >= 15 is 26.3 Å². The van der Waals surface area contributed by atoms with Gasteiger partial charge in [0.2, 0.25) is 50.4 Å². The second-order valence-electron chi connectivity index (χ2n) is 12.9. The molecule has 0 fully saturated rings. The van der Waals surface area contributed by atoms with Crippen molar-refractivity contribution in [1.82, 2.24) is 0 Å². The summed E-state index contributed by atoms with van der Waals surface area (Å²) in [6.45, 7) is 2.87. The van der Waals surface area contributed by atoms with Crippen molar-refractivity contribution in [2.75, 3.05) is 0 Å². The number of carbonyl (C=O) groups is 2. The summed E-state index contributed by atoms with van der Waals surface area (Å²) in [4.78, 5) is 23.9. The quantitative estimate of drug-likeness (QED) is 0.0514. The Morgan fingerprint density at radius 3 is 1.30 bits per heavy atom. The Morgan fingerprint density at radius 1 is 0.541 bits per heavy atom. The molecule has 0 heterocycles. The van der Waals surface area contributed by atoms with Gasteiger partial charge in [0.1, 0.15) is 39.9 Å². The average molecular weight is 893 g/mol. The van der Waals surface area contributed by atoms with Gasteiger partial charge in [0.15, 0.2) is 29.1 Å². The monoisotopic (exact) mass is 892 g/mol. The van der Waals surface area contributed by atoms with Gasteiger partial charge in [0.05, 0.1) is 9.79 Å². The van der Waals surface area contributed by atoms with Crippen LogP contribution in [-0.4, -0.2) is 33.0 Å². The Hall–Kier alpha value is -6.64. The van der Waals surface area contributed by atoms with Crippen LogP contribution in [0, 0.1) is 53.5 Å². The molecule has 6 rings (SSSR count). The number of sulfone groups is 1. The number of ether oxygens (including phenoxy) is 3. The van der Waals surface area contributed by atoms with Crippen molar-refractivity contribution in [2.45, 2.75) is 29.4 Å². The molecule has 0 spiro atoms. The number of aryl methyl sites for hydroxylation is 1. The molecule has 0 atom stereocenters. The lowest BCUT2D eigenvalue weighted by Crippen LogP contribution is -2.18. The first kappa shape index (κ1) is 43.9. The van der Waals surface area contributed by atoms with Gasteiger partial charge in [-0.15, -0.1) is 0 Å². The first-order chi connectivity index (χ1) is 28.6. The molecule has 0 unspecified atom stereocenters. The summed E-state index contributed by atoms with van der Waals surface area (Å²) in [5.41, 5.74) is -3.81. The van der Waals surface area contributed by atoms with Gasteiger partial charge < -0.3 is 14.2 Å². The third-order valence-electron chi connectivity index (χ3n) is 8.66. The second-order valence-corrected chi connectivity index (χ2v) is 16.3. The van der Waals surface area contributed by atoms with Crippen molar-refractivity contribution in [1.29, 1.82) is 0 Å². The van der Waals surface area contributed by atoms with Gasteiger partial charge in [-0.2, -0.15) is 26.0 Å². The third kappa shape index (κ3) is 8.96. The first-order valence-electron chi connectivity index (χ1n) is 17.0. The maximum Gasteiger partial charge on any atom is 0.269 e. The number of carbonyl (C=O) groups excluding carboxylic acids is 2. The summed E-state index contributed by atoms with van der Waals surface area (Å²) in [5, 5.41) is 0. The van der Waals surface area contributed by atoms with Crippen LogP contribution >= 0.6 is 0 Å². The smallest absolute Gasteiger partial charge is 0.269 e. The molecule has 0 amide bonds. The van der Waals surface area contributed by atoms with Crippen LogP contribution in [0.3, 0.4) is 0 Å². The van der Waals surface area contributed by atoms with E-state index in [1.165, 1.54) is 61.5 Å². The highest BCUT2D eigenvalue weighted by molar-refractivity contribution is 7.91. The van der Waals surface area contributed by atoms with Crippen LogP contribution in [0.15, 0.2) is 101 Å². The van der Waals surface area contributed by atoms with Crippen molar-refractivity contribution in [3.63, 3.8) is 0 Å². The van der Waals surface area contributed by atoms with E-state index in [0.717, 1.165) is 36.4 Å². The minimum absolute atomic E-state index is 0.00193. The Kier molecular flexibility index (Phi) is 12.1. The van der Waals surface area contributed by atoms with Gasteiger partial charge >= 0.3 is 0 Å². The molecule has 316 valence electrons. The number of hydrogen-bond acceptors (Lipinski definition) is 9. The van der Waals surface area contributed by atoms with Gasteiger partial charge in [-0.3, -0.25) is 14.1 Å². The molecule has 10 nitrogen and oxygen atoms in total. The lowest BCUT2D eigenvalue weighted by atomic mass is 9.99. The van der Waals surface area contributed by atoms with E-state index in [4.69, 9.17) is 14.2 Å². The minimum atomic E-state index is -4.56. The molecule has 0 saturated heterocycles. The van der Waals surface area contributed by atoms with Gasteiger partial charge in [-0.05, 0) is 92.7 Å². The normalized spacial score (nSPS) is 11.7. The van der Waals surface area contributed by atoms with Crippen LogP contribution in [0.5, 0.6) is 34.5 Å². The topological polar surface area (TPSA) is 150 Å². The molecule has 0 radical (unpaired) electrons. The van der Waals surface area contributed by atoms with Crippen LogP contribution in [0.4, 0.5) is 35.1 Å². The lowest BCUT2D eigenvalue weighted by molar-refractivity contribution is 0.100. The van der Waals surface area contributed by atoms with Crippen LogP contribution < -0.4 is 14.2 Å². The van der Waals surface area contributed by atoms with Gasteiger partial charge in [0, 0.05) is 11.1 Å². The Labute approximate surface area is 340 Å². The van der Waals surface area contributed by atoms with Crippen molar-refractivity contribution in [2.24, 2.45) is 0 Å². The molecule has 1 N–H and O–H groups in total. The number of ketones is 2. The molecule has 6 aromatic rings. The van der Waals surface area contributed by atoms with E-state index in [1.807, 2.05) is 0 Å². The standard InChI is InChI=1S/C41H24F8O10S2/c1-19-3-6-24(7-4-19)58-40-35(46)31(42)29(32(43)36(40)47)39(51)30-33(44)37(48)41(38(49)34(30)45)59-25-10-14-27(15-11-25)61(55,56)26-12-8-23(9-13-26)57-28-16-5-21(20(2)50)17-22(28)18-60(52,53)54/h3-17H,18H2,1-2H3,(H,52,53,54). The molecule has 0 bridgehead atoms. The molecular weight excluding hydrogens is 869 g/mol. The maximum atomic E-state index is 15.2. The summed E-state index contributed by atoms with van der Waals surface area (Å²) in [5.74, 6) is -28.0. The highest BCUT2D eigenvalue weighted by Crippen LogP contribution is 2.39. The van der Waals surface area contributed by atoms with Crippen LogP contribution in [0.2, 0.25) is 0 Å². The fourth-order valence-electron chi connectivity index (χ4n) is 5.61. The average Bonchev–Trinajstić information content (AvgIpc) is 3.21. The lowest BCUT2D eigenvalue weighted by Gasteiger charge is -2.15. The van der Waals surface area contributed by atoms with E-state index in [2.05, 4.69) is 0 Å².